The van der Waals surface area contributed by atoms with Gasteiger partial charge in [-0.05, 0) is 31.0 Å². The number of nitrogens with one attached hydrogen (secondary N) is 2. The zero-order chi connectivity index (χ0) is 13.5. The van der Waals surface area contributed by atoms with Crippen LogP contribution in [0.25, 0.3) is 0 Å². The molecular weight excluding hydrogens is 229 g/mol. The highest BCUT2D eigenvalue weighted by Crippen LogP contribution is 2.15. The van der Waals surface area contributed by atoms with E-state index < -0.39 is 0 Å². The van der Waals surface area contributed by atoms with Crippen molar-refractivity contribution in [2.45, 2.75) is 19.9 Å². The van der Waals surface area contributed by atoms with E-state index in [9.17, 15) is 4.39 Å². The summed E-state index contributed by atoms with van der Waals surface area (Å²) in [6.07, 6.45) is 5.17. The van der Waals surface area contributed by atoms with Gasteiger partial charge < -0.3 is 10.6 Å². The Kier molecular flexibility index (Phi) is 5.19. The van der Waals surface area contributed by atoms with E-state index in [4.69, 9.17) is 6.42 Å². The second-order valence-corrected chi connectivity index (χ2v) is 4.00. The smallest absolute Gasteiger partial charge is 0.192 e. The van der Waals surface area contributed by atoms with Crippen molar-refractivity contribution in [1.82, 2.24) is 10.6 Å². The molecule has 0 heterocycles. The van der Waals surface area contributed by atoms with Gasteiger partial charge in [-0.1, -0.05) is 18.1 Å². The molecule has 0 fully saturated rings. The molecule has 0 aliphatic heterocycles. The van der Waals surface area contributed by atoms with Gasteiger partial charge in [-0.2, -0.15) is 0 Å². The van der Waals surface area contributed by atoms with Crippen molar-refractivity contribution in [1.29, 1.82) is 0 Å². The summed E-state index contributed by atoms with van der Waals surface area (Å²) in [7, 11) is 1.66. The maximum absolute atomic E-state index is 13.5. The van der Waals surface area contributed by atoms with Crippen LogP contribution in [0.1, 0.15) is 24.1 Å². The summed E-state index contributed by atoms with van der Waals surface area (Å²) in [6, 6.07) is 5.14. The van der Waals surface area contributed by atoms with E-state index in [-0.39, 0.29) is 11.9 Å². The average molecular weight is 247 g/mol. The van der Waals surface area contributed by atoms with Gasteiger partial charge in [0.05, 0.1) is 12.6 Å². The molecule has 0 bridgehead atoms. The summed E-state index contributed by atoms with van der Waals surface area (Å²) in [4.78, 5) is 4.04. The normalized spacial score (nSPS) is 12.7. The number of halogens is 1. The molecule has 0 aromatic heterocycles. The van der Waals surface area contributed by atoms with Crippen molar-refractivity contribution in [3.63, 3.8) is 0 Å². The fourth-order valence-corrected chi connectivity index (χ4v) is 1.50. The summed E-state index contributed by atoms with van der Waals surface area (Å²) < 4.78 is 13.5. The second kappa shape index (κ2) is 6.65. The molecule has 1 atom stereocenters. The number of hydrogen-bond acceptors (Lipinski definition) is 1. The number of terminal acetylenes is 1. The van der Waals surface area contributed by atoms with Crippen molar-refractivity contribution in [2.24, 2.45) is 4.99 Å². The van der Waals surface area contributed by atoms with Crippen molar-refractivity contribution < 1.29 is 4.39 Å². The van der Waals surface area contributed by atoms with Crippen LogP contribution in [-0.2, 0) is 0 Å². The van der Waals surface area contributed by atoms with Crippen LogP contribution in [0.4, 0.5) is 4.39 Å². The first kappa shape index (κ1) is 14.0. The minimum atomic E-state index is -0.201. The molecule has 0 amide bonds. The van der Waals surface area contributed by atoms with Crippen molar-refractivity contribution in [2.75, 3.05) is 13.6 Å². The Morgan fingerprint density at radius 3 is 2.83 bits per heavy atom. The van der Waals surface area contributed by atoms with E-state index >= 15 is 0 Å². The quantitative estimate of drug-likeness (QED) is 0.487. The SMILES string of the molecule is C#CCNC(=NC)NC(C)c1ccc(C)c(F)c1. The fraction of sp³-hybridized carbons (Fsp3) is 0.357. The molecule has 0 spiro atoms. The lowest BCUT2D eigenvalue weighted by Crippen LogP contribution is -2.38. The van der Waals surface area contributed by atoms with Crippen molar-refractivity contribution in [3.8, 4) is 12.3 Å². The first-order chi connectivity index (χ1) is 8.58. The van der Waals surface area contributed by atoms with E-state index in [1.54, 1.807) is 20.0 Å². The fourth-order valence-electron chi connectivity index (χ4n) is 1.50. The van der Waals surface area contributed by atoms with Crippen LogP contribution in [0, 0.1) is 25.1 Å². The molecule has 96 valence electrons. The van der Waals surface area contributed by atoms with Gasteiger partial charge in [-0.3, -0.25) is 4.99 Å². The number of nitrogens with zero attached hydrogens (tertiary/aromatic N) is 1. The predicted octanol–water partition coefficient (Wildman–Crippen LogP) is 1.99. The summed E-state index contributed by atoms with van der Waals surface area (Å²) in [5.74, 6) is 2.87. The lowest BCUT2D eigenvalue weighted by atomic mass is 10.1. The third-order valence-electron chi connectivity index (χ3n) is 2.63. The number of aryl methyl sites for hydroxylation is 1. The number of aliphatic imine (C=N–C) groups is 1. The van der Waals surface area contributed by atoms with Crippen LogP contribution < -0.4 is 10.6 Å². The second-order valence-electron chi connectivity index (χ2n) is 4.00. The Hall–Kier alpha value is -2.02. The molecule has 0 aliphatic rings. The molecule has 18 heavy (non-hydrogen) atoms. The highest BCUT2D eigenvalue weighted by atomic mass is 19.1. The standard InChI is InChI=1S/C14H18FN3/c1-5-8-17-14(16-4)18-11(3)12-7-6-10(2)13(15)9-12/h1,6-7,9,11H,8H2,2-4H3,(H2,16,17,18). The Bertz CT molecular complexity index is 474. The lowest BCUT2D eigenvalue weighted by molar-refractivity contribution is 0.608. The zero-order valence-corrected chi connectivity index (χ0v) is 10.9. The Morgan fingerprint density at radius 1 is 1.56 bits per heavy atom. The van der Waals surface area contributed by atoms with Crippen LogP contribution in [0.3, 0.4) is 0 Å². The monoisotopic (exact) mass is 247 g/mol. The van der Waals surface area contributed by atoms with E-state index in [0.29, 0.717) is 18.1 Å². The van der Waals surface area contributed by atoms with Crippen LogP contribution in [-0.4, -0.2) is 19.6 Å². The molecule has 1 unspecified atom stereocenters. The van der Waals surface area contributed by atoms with Gasteiger partial charge in [0.25, 0.3) is 0 Å². The highest BCUT2D eigenvalue weighted by molar-refractivity contribution is 5.80. The summed E-state index contributed by atoms with van der Waals surface area (Å²) in [6.45, 7) is 4.08. The van der Waals surface area contributed by atoms with E-state index in [2.05, 4.69) is 21.5 Å². The third-order valence-corrected chi connectivity index (χ3v) is 2.63. The van der Waals surface area contributed by atoms with Crippen LogP contribution >= 0.6 is 0 Å². The minimum Gasteiger partial charge on any atom is -0.350 e. The molecule has 1 aromatic rings. The molecule has 0 radical (unpaired) electrons. The molecule has 0 saturated carbocycles. The Morgan fingerprint density at radius 2 is 2.28 bits per heavy atom. The predicted molar refractivity (Wildman–Crippen MR) is 72.9 cm³/mol. The first-order valence-electron chi connectivity index (χ1n) is 5.75. The van der Waals surface area contributed by atoms with Crippen molar-refractivity contribution in [3.05, 3.63) is 35.1 Å². The van der Waals surface area contributed by atoms with Crippen LogP contribution in [0.2, 0.25) is 0 Å². The molecular formula is C14H18FN3. The molecule has 3 nitrogen and oxygen atoms in total. The number of rotatable bonds is 3. The topological polar surface area (TPSA) is 36.4 Å². The molecule has 1 aromatic carbocycles. The number of guanidine groups is 1. The van der Waals surface area contributed by atoms with Crippen LogP contribution in [0.5, 0.6) is 0 Å². The van der Waals surface area contributed by atoms with E-state index in [1.165, 1.54) is 6.07 Å². The molecule has 2 N–H and O–H groups in total. The van der Waals surface area contributed by atoms with Gasteiger partial charge in [0.1, 0.15) is 5.82 Å². The molecule has 1 rings (SSSR count). The van der Waals surface area contributed by atoms with Crippen LogP contribution in [0.15, 0.2) is 23.2 Å². The van der Waals surface area contributed by atoms with E-state index in [0.717, 1.165) is 5.56 Å². The number of benzene rings is 1. The average Bonchev–Trinajstić information content (AvgIpc) is 2.37. The third kappa shape index (κ3) is 3.77. The van der Waals surface area contributed by atoms with Gasteiger partial charge in [0.2, 0.25) is 0 Å². The lowest BCUT2D eigenvalue weighted by Gasteiger charge is -2.17. The van der Waals surface area contributed by atoms with Gasteiger partial charge in [0.15, 0.2) is 5.96 Å². The van der Waals surface area contributed by atoms with Gasteiger partial charge in [-0.25, -0.2) is 4.39 Å². The Balaban J connectivity index is 2.72. The maximum atomic E-state index is 13.5. The molecule has 4 heteroatoms. The maximum Gasteiger partial charge on any atom is 0.192 e. The zero-order valence-electron chi connectivity index (χ0n) is 10.9. The van der Waals surface area contributed by atoms with Gasteiger partial charge in [0, 0.05) is 7.05 Å². The number of hydrogen-bond donors (Lipinski definition) is 2. The molecule has 0 aliphatic carbocycles. The van der Waals surface area contributed by atoms with E-state index in [1.807, 2.05) is 13.0 Å². The highest BCUT2D eigenvalue weighted by Gasteiger charge is 2.09. The first-order valence-corrected chi connectivity index (χ1v) is 5.75. The Labute approximate surface area is 108 Å². The molecule has 0 saturated heterocycles. The summed E-state index contributed by atoms with van der Waals surface area (Å²) in [5, 5.41) is 6.10. The van der Waals surface area contributed by atoms with Gasteiger partial charge in [-0.15, -0.1) is 6.42 Å². The minimum absolute atomic E-state index is 0.0518. The van der Waals surface area contributed by atoms with Gasteiger partial charge >= 0.3 is 0 Å². The summed E-state index contributed by atoms with van der Waals surface area (Å²) >= 11 is 0. The largest absolute Gasteiger partial charge is 0.350 e. The summed E-state index contributed by atoms with van der Waals surface area (Å²) in [5.41, 5.74) is 1.50. The van der Waals surface area contributed by atoms with Crippen molar-refractivity contribution >= 4 is 5.96 Å².